The van der Waals surface area contributed by atoms with Crippen molar-refractivity contribution in [3.05, 3.63) is 48.0 Å². The van der Waals surface area contributed by atoms with Crippen LogP contribution in [0.3, 0.4) is 0 Å². The smallest absolute Gasteiger partial charge is 0.411 e. The summed E-state index contributed by atoms with van der Waals surface area (Å²) in [5.41, 5.74) is 3.73. The van der Waals surface area contributed by atoms with E-state index in [0.29, 0.717) is 17.0 Å². The molecule has 10 heteroatoms. The van der Waals surface area contributed by atoms with Crippen molar-refractivity contribution >= 4 is 34.5 Å². The number of ether oxygens (including phenoxy) is 4. The molecular weight excluding hydrogens is 486 g/mol. The number of nitrogens with zero attached hydrogens (tertiary/aromatic N) is 2. The lowest BCUT2D eigenvalue weighted by Crippen LogP contribution is -2.20. The Kier molecular flexibility index (Phi) is 8.28. The van der Waals surface area contributed by atoms with Crippen LogP contribution in [0.15, 0.2) is 42.5 Å². The first kappa shape index (κ1) is 26.7. The fourth-order valence-corrected chi connectivity index (χ4v) is 4.36. The predicted octanol–water partition coefficient (Wildman–Crippen LogP) is 5.86. The summed E-state index contributed by atoms with van der Waals surface area (Å²) in [6, 6.07) is 15.5. The summed E-state index contributed by atoms with van der Waals surface area (Å²) in [4.78, 5) is 12.0. The molecule has 0 bridgehead atoms. The lowest BCUT2D eigenvalue weighted by Gasteiger charge is -2.30. The number of methoxy groups -OCH3 is 1. The van der Waals surface area contributed by atoms with Gasteiger partial charge in [-0.3, -0.25) is 16.1 Å². The molecule has 1 fully saturated rings. The average Bonchev–Trinajstić information content (AvgIpc) is 3.15. The second kappa shape index (κ2) is 11.8. The summed E-state index contributed by atoms with van der Waals surface area (Å²) < 4.78 is 23.0. The molecule has 2 aromatic carbocycles. The molecular formula is C28H31N5O5. The molecule has 3 N–H and O–H groups in total. The number of amides is 1. The van der Waals surface area contributed by atoms with E-state index in [2.05, 4.69) is 16.0 Å². The quantitative estimate of drug-likeness (QED) is 0.240. The van der Waals surface area contributed by atoms with Crippen molar-refractivity contribution in [3.63, 3.8) is 0 Å². The Hall–Kier alpha value is -4.36. The number of benzene rings is 2. The van der Waals surface area contributed by atoms with Crippen LogP contribution in [0.5, 0.6) is 5.75 Å². The van der Waals surface area contributed by atoms with Crippen LogP contribution in [0.2, 0.25) is 0 Å². The van der Waals surface area contributed by atoms with Gasteiger partial charge in [0.05, 0.1) is 22.9 Å². The van der Waals surface area contributed by atoms with Gasteiger partial charge >= 0.3 is 6.09 Å². The van der Waals surface area contributed by atoms with Gasteiger partial charge in [0.1, 0.15) is 18.4 Å². The molecule has 0 radical (unpaired) electrons. The van der Waals surface area contributed by atoms with Crippen LogP contribution in [0.25, 0.3) is 22.2 Å². The zero-order valence-electron chi connectivity index (χ0n) is 21.7. The predicted molar refractivity (Wildman–Crippen MR) is 144 cm³/mol. The normalized spacial score (nSPS) is 13.0. The second-order valence-corrected chi connectivity index (χ2v) is 9.30. The Morgan fingerprint density at radius 3 is 2.45 bits per heavy atom. The third kappa shape index (κ3) is 5.95. The minimum absolute atomic E-state index is 0.0258. The number of rotatable bonds is 9. The lowest BCUT2D eigenvalue weighted by atomic mass is 9.92. The fourth-order valence-electron chi connectivity index (χ4n) is 4.36. The van der Waals surface area contributed by atoms with Gasteiger partial charge in [-0.05, 0) is 62.9 Å². The van der Waals surface area contributed by atoms with E-state index in [9.17, 15) is 10.1 Å². The summed E-state index contributed by atoms with van der Waals surface area (Å²) in [6.45, 7) is 3.40. The van der Waals surface area contributed by atoms with E-state index >= 15 is 0 Å². The van der Waals surface area contributed by atoms with E-state index in [0.717, 1.165) is 41.4 Å². The minimum Gasteiger partial charge on any atom is -0.484 e. The maximum atomic E-state index is 12.0. The number of nitriles is 1. The van der Waals surface area contributed by atoms with Crippen molar-refractivity contribution < 1.29 is 23.7 Å². The maximum Gasteiger partial charge on any atom is 0.411 e. The van der Waals surface area contributed by atoms with Crippen LogP contribution in [-0.2, 0) is 14.2 Å². The van der Waals surface area contributed by atoms with Crippen molar-refractivity contribution in [2.45, 2.75) is 45.3 Å². The molecule has 0 saturated heterocycles. The molecule has 0 aliphatic heterocycles. The van der Waals surface area contributed by atoms with Gasteiger partial charge in [0.15, 0.2) is 6.61 Å². The molecule has 4 rings (SSSR count). The molecule has 0 atom stereocenters. The molecule has 38 heavy (non-hydrogen) atoms. The first-order valence-corrected chi connectivity index (χ1v) is 12.4. The van der Waals surface area contributed by atoms with Crippen LogP contribution in [0.4, 0.5) is 10.5 Å². The van der Waals surface area contributed by atoms with E-state index in [1.54, 1.807) is 32.0 Å². The van der Waals surface area contributed by atoms with E-state index < -0.39 is 6.09 Å². The summed E-state index contributed by atoms with van der Waals surface area (Å²) >= 11 is 0. The number of hydrogen-bond donors (Lipinski definition) is 3. The molecule has 0 spiro atoms. The van der Waals surface area contributed by atoms with Crippen LogP contribution in [0, 0.1) is 22.1 Å². The maximum absolute atomic E-state index is 12.0. The Labute approximate surface area is 221 Å². The molecule has 1 aliphatic rings. The van der Waals surface area contributed by atoms with Crippen LogP contribution in [0.1, 0.15) is 44.7 Å². The number of fused-ring (bicyclic) bond motifs is 1. The van der Waals surface area contributed by atoms with Crippen LogP contribution in [-0.4, -0.2) is 48.9 Å². The highest BCUT2D eigenvalue weighted by Gasteiger charge is 2.28. The van der Waals surface area contributed by atoms with Gasteiger partial charge in [-0.2, -0.15) is 5.26 Å². The lowest BCUT2D eigenvalue weighted by molar-refractivity contribution is 0.130. The summed E-state index contributed by atoms with van der Waals surface area (Å²) in [7, 11) is 1.45. The molecule has 1 aliphatic carbocycles. The van der Waals surface area contributed by atoms with Gasteiger partial charge in [-0.1, -0.05) is 12.1 Å². The number of nitrogens with one attached hydrogen (secondary N) is 3. The molecule has 10 nitrogen and oxygen atoms in total. The van der Waals surface area contributed by atoms with Gasteiger partial charge in [0.25, 0.3) is 0 Å². The number of carbonyl (C=O) groups excluding carboxylic acids is 1. The Morgan fingerprint density at radius 2 is 1.84 bits per heavy atom. The second-order valence-electron chi connectivity index (χ2n) is 9.30. The molecule has 1 heterocycles. The van der Waals surface area contributed by atoms with Gasteiger partial charge < -0.3 is 23.5 Å². The molecule has 198 valence electrons. The molecule has 3 aromatic rings. The Balaban J connectivity index is 1.64. The first-order valence-electron chi connectivity index (χ1n) is 12.4. The largest absolute Gasteiger partial charge is 0.484 e. The summed E-state index contributed by atoms with van der Waals surface area (Å²) in [5.74, 6) is 0.157. The van der Waals surface area contributed by atoms with Crippen LogP contribution < -0.4 is 10.1 Å². The zero-order valence-corrected chi connectivity index (χ0v) is 21.7. The van der Waals surface area contributed by atoms with E-state index in [-0.39, 0.29) is 37.2 Å². The number of carbonyl (C=O) groups is 1. The monoisotopic (exact) mass is 517 g/mol. The minimum atomic E-state index is -0.518. The zero-order chi connectivity index (χ0) is 27.2. The van der Waals surface area contributed by atoms with Crippen molar-refractivity contribution in [2.24, 2.45) is 0 Å². The van der Waals surface area contributed by atoms with Gasteiger partial charge in [0, 0.05) is 30.3 Å². The van der Waals surface area contributed by atoms with Crippen molar-refractivity contribution in [2.75, 3.05) is 25.6 Å². The van der Waals surface area contributed by atoms with Crippen LogP contribution >= 0.6 is 0 Å². The standard InChI is InChI=1S/C28H31N5O5/c1-17(2)37-28(34)32-19-9-7-18(8-10-19)27-23(14-29)22-12-11-21(13-24(22)33(27)20-5-4-6-20)36-16-26(31)38-25(30)15-35-3/h7-13,17,20,30-31H,4-6,15-16H2,1-3H3,(H,32,34). The number of hydrogen-bond acceptors (Lipinski definition) is 8. The molecule has 1 saturated carbocycles. The first-order chi connectivity index (χ1) is 18.3. The summed E-state index contributed by atoms with van der Waals surface area (Å²) in [5, 5.41) is 29.2. The number of anilines is 1. The topological polar surface area (TPSA) is 142 Å². The highest BCUT2D eigenvalue weighted by atomic mass is 16.6. The number of aromatic nitrogens is 1. The Morgan fingerprint density at radius 1 is 1.13 bits per heavy atom. The Bertz CT molecular complexity index is 1380. The third-order valence-corrected chi connectivity index (χ3v) is 6.17. The molecule has 1 aromatic heterocycles. The van der Waals surface area contributed by atoms with Crippen molar-refractivity contribution in [1.82, 2.24) is 4.57 Å². The third-order valence-electron chi connectivity index (χ3n) is 6.17. The molecule has 1 amide bonds. The van der Waals surface area contributed by atoms with E-state index in [1.807, 2.05) is 24.3 Å². The van der Waals surface area contributed by atoms with E-state index in [1.165, 1.54) is 7.11 Å². The molecule has 0 unspecified atom stereocenters. The van der Waals surface area contributed by atoms with Gasteiger partial charge in [-0.25, -0.2) is 4.79 Å². The fraction of sp³-hybridized carbons (Fsp3) is 0.357. The highest BCUT2D eigenvalue weighted by molar-refractivity contribution is 5.96. The highest BCUT2D eigenvalue weighted by Crippen LogP contribution is 2.43. The van der Waals surface area contributed by atoms with Gasteiger partial charge in [-0.15, -0.1) is 0 Å². The van der Waals surface area contributed by atoms with Crippen molar-refractivity contribution in [1.29, 1.82) is 16.1 Å². The van der Waals surface area contributed by atoms with Crippen molar-refractivity contribution in [3.8, 4) is 23.1 Å². The van der Waals surface area contributed by atoms with E-state index in [4.69, 9.17) is 29.8 Å². The average molecular weight is 518 g/mol. The van der Waals surface area contributed by atoms with Gasteiger partial charge in [0.2, 0.25) is 11.8 Å². The SMILES string of the molecule is COCC(=N)OC(=N)COc1ccc2c(C#N)c(-c3ccc(NC(=O)OC(C)C)cc3)n(C3CCC3)c2c1. The summed E-state index contributed by atoms with van der Waals surface area (Å²) in [6.07, 6.45) is 2.39.